The summed E-state index contributed by atoms with van der Waals surface area (Å²) in [7, 11) is 1.62. The van der Waals surface area contributed by atoms with Crippen LogP contribution in [0.4, 0.5) is 0 Å². The minimum atomic E-state index is -0.186. The molecule has 4 heteroatoms. The normalized spacial score (nSPS) is 9.00. The second-order valence-corrected chi connectivity index (χ2v) is 2.28. The third-order valence-electron chi connectivity index (χ3n) is 1.35. The van der Waals surface area contributed by atoms with Gasteiger partial charge in [0, 0.05) is 7.05 Å². The maximum atomic E-state index is 11.3. The summed E-state index contributed by atoms with van der Waals surface area (Å²) in [6.07, 6.45) is 7.68. The first-order valence-electron chi connectivity index (χ1n) is 3.34. The molecule has 0 atom stereocenters. The molecule has 0 spiro atoms. The first-order chi connectivity index (χ1) is 5.75. The van der Waals surface area contributed by atoms with E-state index in [0.29, 0.717) is 5.56 Å². The van der Waals surface area contributed by atoms with Crippen molar-refractivity contribution in [1.29, 1.82) is 0 Å². The highest BCUT2D eigenvalue weighted by molar-refractivity contribution is 5.93. The predicted octanol–water partition coefficient (Wildman–Crippen LogP) is 0.380. The minimum absolute atomic E-state index is 0.186. The molecule has 0 aromatic carbocycles. The summed E-state index contributed by atoms with van der Waals surface area (Å²) in [6, 6.07) is 0. The van der Waals surface area contributed by atoms with E-state index >= 15 is 0 Å². The Morgan fingerprint density at radius 1 is 1.92 bits per heavy atom. The van der Waals surface area contributed by atoms with Crippen molar-refractivity contribution in [1.82, 2.24) is 10.1 Å². The summed E-state index contributed by atoms with van der Waals surface area (Å²) >= 11 is 0. The number of nitrogens with zero attached hydrogens (tertiary/aromatic N) is 2. The Kier molecular flexibility index (Phi) is 2.49. The van der Waals surface area contributed by atoms with Crippen LogP contribution in [0.3, 0.4) is 0 Å². The molecule has 0 saturated carbocycles. The van der Waals surface area contributed by atoms with Gasteiger partial charge in [-0.15, -0.1) is 6.42 Å². The third-order valence-corrected chi connectivity index (χ3v) is 1.35. The van der Waals surface area contributed by atoms with Gasteiger partial charge in [0.1, 0.15) is 6.26 Å². The van der Waals surface area contributed by atoms with Gasteiger partial charge >= 0.3 is 0 Å². The fourth-order valence-corrected chi connectivity index (χ4v) is 0.740. The number of amides is 1. The van der Waals surface area contributed by atoms with Crippen LogP contribution in [0, 0.1) is 12.3 Å². The molecule has 0 aliphatic rings. The molecule has 0 saturated heterocycles. The molecule has 12 heavy (non-hydrogen) atoms. The standard InChI is InChI=1S/C8H8N2O2/c1-3-4-10(2)8(11)7-5-9-12-6-7/h1,5-6H,4H2,2H3. The third kappa shape index (κ3) is 1.64. The molecular weight excluding hydrogens is 156 g/mol. The molecule has 1 aromatic heterocycles. The molecular formula is C8H8N2O2. The Morgan fingerprint density at radius 2 is 2.67 bits per heavy atom. The molecule has 1 heterocycles. The zero-order chi connectivity index (χ0) is 8.97. The lowest BCUT2D eigenvalue weighted by atomic mass is 10.3. The van der Waals surface area contributed by atoms with E-state index in [-0.39, 0.29) is 12.5 Å². The average Bonchev–Trinajstić information content (AvgIpc) is 2.55. The fraction of sp³-hybridized carbons (Fsp3) is 0.250. The van der Waals surface area contributed by atoms with Crippen molar-refractivity contribution in [2.45, 2.75) is 0 Å². The van der Waals surface area contributed by atoms with Crippen molar-refractivity contribution >= 4 is 5.91 Å². The number of hydrogen-bond donors (Lipinski definition) is 0. The van der Waals surface area contributed by atoms with E-state index in [4.69, 9.17) is 6.42 Å². The van der Waals surface area contributed by atoms with Crippen LogP contribution in [0.1, 0.15) is 10.4 Å². The summed E-state index contributed by atoms with van der Waals surface area (Å²) in [5.41, 5.74) is 0.410. The van der Waals surface area contributed by atoms with Crippen LogP contribution in [0.2, 0.25) is 0 Å². The van der Waals surface area contributed by atoms with Crippen LogP contribution in [0.25, 0.3) is 0 Å². The van der Waals surface area contributed by atoms with Gasteiger partial charge in [-0.2, -0.15) is 0 Å². The SMILES string of the molecule is C#CCN(C)C(=O)c1cnoc1. The molecule has 0 aliphatic carbocycles. The number of hydrogen-bond acceptors (Lipinski definition) is 3. The van der Waals surface area contributed by atoms with E-state index in [1.54, 1.807) is 7.05 Å². The molecule has 0 unspecified atom stereocenters. The molecule has 0 bridgehead atoms. The fourth-order valence-electron chi connectivity index (χ4n) is 0.740. The zero-order valence-corrected chi connectivity index (χ0v) is 6.65. The first kappa shape index (κ1) is 8.34. The minimum Gasteiger partial charge on any atom is -0.364 e. The quantitative estimate of drug-likeness (QED) is 0.593. The summed E-state index contributed by atoms with van der Waals surface area (Å²) < 4.78 is 4.51. The zero-order valence-electron chi connectivity index (χ0n) is 6.65. The number of carbonyl (C=O) groups excluding carboxylic acids is 1. The van der Waals surface area contributed by atoms with Crippen molar-refractivity contribution in [3.63, 3.8) is 0 Å². The second-order valence-electron chi connectivity index (χ2n) is 2.28. The maximum absolute atomic E-state index is 11.3. The van der Waals surface area contributed by atoms with Crippen LogP contribution >= 0.6 is 0 Å². The summed E-state index contributed by atoms with van der Waals surface area (Å²) in [5.74, 6) is 2.18. The van der Waals surface area contributed by atoms with Crippen LogP contribution < -0.4 is 0 Å². The van der Waals surface area contributed by atoms with Crippen molar-refractivity contribution in [2.75, 3.05) is 13.6 Å². The Hall–Kier alpha value is -1.76. The monoisotopic (exact) mass is 164 g/mol. The molecule has 0 fully saturated rings. The van der Waals surface area contributed by atoms with E-state index in [1.807, 2.05) is 0 Å². The molecule has 1 amide bonds. The van der Waals surface area contributed by atoms with Gasteiger partial charge in [0.05, 0.1) is 18.3 Å². The summed E-state index contributed by atoms with van der Waals surface area (Å²) in [6.45, 7) is 0.282. The lowest BCUT2D eigenvalue weighted by Gasteiger charge is -2.10. The number of aromatic nitrogens is 1. The van der Waals surface area contributed by atoms with E-state index < -0.39 is 0 Å². The molecule has 4 nitrogen and oxygen atoms in total. The largest absolute Gasteiger partial charge is 0.364 e. The van der Waals surface area contributed by atoms with Crippen molar-refractivity contribution < 1.29 is 9.32 Å². The van der Waals surface area contributed by atoms with Crippen molar-refractivity contribution in [3.8, 4) is 12.3 Å². The number of carbonyl (C=O) groups is 1. The van der Waals surface area contributed by atoms with Gasteiger partial charge < -0.3 is 9.42 Å². The maximum Gasteiger partial charge on any atom is 0.259 e. The van der Waals surface area contributed by atoms with Crippen LogP contribution in [0.15, 0.2) is 17.0 Å². The van der Waals surface area contributed by atoms with Crippen LogP contribution in [0.5, 0.6) is 0 Å². The predicted molar refractivity (Wildman–Crippen MR) is 42.3 cm³/mol. The molecule has 1 aromatic rings. The Morgan fingerprint density at radius 3 is 3.17 bits per heavy atom. The lowest BCUT2D eigenvalue weighted by Crippen LogP contribution is -2.26. The Bertz CT molecular complexity index is 297. The Labute approximate surface area is 70.1 Å². The first-order valence-corrected chi connectivity index (χ1v) is 3.34. The highest BCUT2D eigenvalue weighted by Gasteiger charge is 2.11. The number of rotatable bonds is 2. The van der Waals surface area contributed by atoms with Gasteiger partial charge in [-0.05, 0) is 0 Å². The van der Waals surface area contributed by atoms with Gasteiger partial charge in [0.2, 0.25) is 0 Å². The van der Waals surface area contributed by atoms with E-state index in [9.17, 15) is 4.79 Å². The molecule has 1 rings (SSSR count). The molecule has 0 aliphatic heterocycles. The smallest absolute Gasteiger partial charge is 0.259 e. The lowest BCUT2D eigenvalue weighted by molar-refractivity contribution is 0.0812. The van der Waals surface area contributed by atoms with E-state index in [2.05, 4.69) is 15.6 Å². The summed E-state index contributed by atoms with van der Waals surface area (Å²) in [4.78, 5) is 12.7. The van der Waals surface area contributed by atoms with E-state index in [0.717, 1.165) is 0 Å². The molecule has 62 valence electrons. The second kappa shape index (κ2) is 3.58. The van der Waals surface area contributed by atoms with Gasteiger partial charge in [0.15, 0.2) is 0 Å². The molecule has 0 radical (unpaired) electrons. The van der Waals surface area contributed by atoms with Gasteiger partial charge in [-0.3, -0.25) is 4.79 Å². The van der Waals surface area contributed by atoms with Crippen LogP contribution in [-0.2, 0) is 0 Å². The highest BCUT2D eigenvalue weighted by atomic mass is 16.5. The van der Waals surface area contributed by atoms with Gasteiger partial charge in [-0.25, -0.2) is 0 Å². The Balaban J connectivity index is 2.67. The average molecular weight is 164 g/mol. The van der Waals surface area contributed by atoms with Crippen molar-refractivity contribution in [3.05, 3.63) is 18.0 Å². The van der Waals surface area contributed by atoms with Gasteiger partial charge in [-0.1, -0.05) is 11.1 Å². The van der Waals surface area contributed by atoms with E-state index in [1.165, 1.54) is 17.4 Å². The number of terminal acetylenes is 1. The highest BCUT2D eigenvalue weighted by Crippen LogP contribution is 2.00. The summed E-state index contributed by atoms with van der Waals surface area (Å²) in [5, 5.41) is 3.41. The topological polar surface area (TPSA) is 46.3 Å². The van der Waals surface area contributed by atoms with Crippen molar-refractivity contribution in [2.24, 2.45) is 0 Å². The van der Waals surface area contributed by atoms with Crippen LogP contribution in [-0.4, -0.2) is 29.6 Å². The van der Waals surface area contributed by atoms with Gasteiger partial charge in [0.25, 0.3) is 5.91 Å². The molecule has 0 N–H and O–H groups in total.